The van der Waals surface area contributed by atoms with Crippen molar-refractivity contribution >= 4 is 56.0 Å². The molecule has 29 heavy (non-hydrogen) atoms. The van der Waals surface area contributed by atoms with Crippen LogP contribution in [0.5, 0.6) is 0 Å². The molecule has 2 aromatic carbocycles. The van der Waals surface area contributed by atoms with E-state index in [9.17, 15) is 18.8 Å². The Morgan fingerprint density at radius 1 is 1.14 bits per heavy atom. The van der Waals surface area contributed by atoms with Gasteiger partial charge in [0.1, 0.15) is 12.4 Å². The first-order chi connectivity index (χ1) is 13.7. The molecule has 0 N–H and O–H groups in total. The van der Waals surface area contributed by atoms with Gasteiger partial charge in [-0.3, -0.25) is 18.7 Å². The molecule has 10 heteroatoms. The third-order valence-corrected chi connectivity index (χ3v) is 5.42. The summed E-state index contributed by atoms with van der Waals surface area (Å²) in [6.45, 7) is 0.995. The number of hydrogen-bond donors (Lipinski definition) is 0. The largest absolute Gasteiger partial charge is 0.465 e. The molecule has 0 radical (unpaired) electrons. The molecule has 0 spiro atoms. The Hall–Kier alpha value is -2.16. The van der Waals surface area contributed by atoms with Gasteiger partial charge in [0.25, 0.3) is 5.56 Å². The predicted octanol–water partition coefficient (Wildman–Crippen LogP) is 3.98. The summed E-state index contributed by atoms with van der Waals surface area (Å²) in [6.07, 6.45) is 0. The van der Waals surface area contributed by atoms with Gasteiger partial charge < -0.3 is 4.74 Å². The number of hydrogen-bond acceptors (Lipinski definition) is 4. The highest BCUT2D eigenvalue weighted by molar-refractivity contribution is 9.10. The van der Waals surface area contributed by atoms with Crippen LogP contribution in [0.15, 0.2) is 44.4 Å². The van der Waals surface area contributed by atoms with Crippen LogP contribution in [0.4, 0.5) is 4.39 Å². The minimum atomic E-state index is -0.795. The van der Waals surface area contributed by atoms with Crippen LogP contribution in [0.25, 0.3) is 10.9 Å². The number of benzene rings is 2. The standard InChI is InChI=1S/C19H14BrCl2FN2O4/c1-2-29-17(26)9-24-16-7-14(22)13(21)6-12(16)18(27)25(19(24)28)8-10-3-4-11(20)5-15(10)23/h3-7H,2,8-9H2,1H3. The number of aromatic nitrogens is 2. The normalized spacial score (nSPS) is 11.1. The third kappa shape index (κ3) is 4.39. The molecule has 1 aromatic heterocycles. The summed E-state index contributed by atoms with van der Waals surface area (Å²) in [7, 11) is 0. The molecule has 0 bridgehead atoms. The Morgan fingerprint density at radius 2 is 1.83 bits per heavy atom. The van der Waals surface area contributed by atoms with Crippen molar-refractivity contribution in [3.05, 3.63) is 77.1 Å². The van der Waals surface area contributed by atoms with Crippen molar-refractivity contribution in [3.63, 3.8) is 0 Å². The molecule has 0 fully saturated rings. The van der Waals surface area contributed by atoms with Gasteiger partial charge in [0.05, 0.1) is 34.1 Å². The molecule has 0 saturated heterocycles. The predicted molar refractivity (Wildman–Crippen MR) is 112 cm³/mol. The van der Waals surface area contributed by atoms with Crippen LogP contribution in [-0.2, 0) is 22.6 Å². The lowest BCUT2D eigenvalue weighted by molar-refractivity contribution is -0.143. The molecule has 6 nitrogen and oxygen atoms in total. The maximum absolute atomic E-state index is 14.3. The van der Waals surface area contributed by atoms with E-state index in [2.05, 4.69) is 15.9 Å². The van der Waals surface area contributed by atoms with Crippen LogP contribution in [0.2, 0.25) is 10.0 Å². The van der Waals surface area contributed by atoms with Gasteiger partial charge in [-0.1, -0.05) is 45.2 Å². The number of ether oxygens (including phenoxy) is 1. The topological polar surface area (TPSA) is 70.3 Å². The summed E-state index contributed by atoms with van der Waals surface area (Å²) in [5.74, 6) is -1.25. The lowest BCUT2D eigenvalue weighted by Crippen LogP contribution is -2.41. The maximum Gasteiger partial charge on any atom is 0.332 e. The summed E-state index contributed by atoms with van der Waals surface area (Å²) in [4.78, 5) is 38.0. The van der Waals surface area contributed by atoms with E-state index in [0.717, 1.165) is 9.13 Å². The average molecular weight is 504 g/mol. The fourth-order valence-electron chi connectivity index (χ4n) is 2.86. The summed E-state index contributed by atoms with van der Waals surface area (Å²) in [5.41, 5.74) is -1.20. The number of fused-ring (bicyclic) bond motifs is 1. The molecule has 152 valence electrons. The lowest BCUT2D eigenvalue weighted by atomic mass is 10.2. The van der Waals surface area contributed by atoms with E-state index in [1.165, 1.54) is 24.3 Å². The van der Waals surface area contributed by atoms with E-state index < -0.39 is 29.6 Å². The lowest BCUT2D eigenvalue weighted by Gasteiger charge is -2.15. The number of carbonyl (C=O) groups is 1. The molecule has 1 heterocycles. The Kier molecular flexibility index (Phi) is 6.45. The Balaban J connectivity index is 2.27. The Bertz CT molecular complexity index is 1240. The number of carbonyl (C=O) groups excluding carboxylic acids is 1. The average Bonchev–Trinajstić information content (AvgIpc) is 2.66. The van der Waals surface area contributed by atoms with E-state index in [4.69, 9.17) is 27.9 Å². The Morgan fingerprint density at radius 3 is 2.48 bits per heavy atom. The van der Waals surface area contributed by atoms with Gasteiger partial charge in [0.2, 0.25) is 0 Å². The van der Waals surface area contributed by atoms with Crippen LogP contribution in [-0.4, -0.2) is 21.7 Å². The monoisotopic (exact) mass is 502 g/mol. The first-order valence-corrected chi connectivity index (χ1v) is 9.99. The van der Waals surface area contributed by atoms with Crippen molar-refractivity contribution in [2.45, 2.75) is 20.0 Å². The Labute approximate surface area is 182 Å². The molecule has 0 saturated carbocycles. The molecule has 0 atom stereocenters. The second-order valence-electron chi connectivity index (χ2n) is 6.08. The fraction of sp³-hybridized carbons (Fsp3) is 0.211. The molecule has 0 aliphatic heterocycles. The maximum atomic E-state index is 14.3. The zero-order valence-corrected chi connectivity index (χ0v) is 18.1. The highest BCUT2D eigenvalue weighted by Crippen LogP contribution is 2.26. The van der Waals surface area contributed by atoms with Crippen molar-refractivity contribution < 1.29 is 13.9 Å². The zero-order chi connectivity index (χ0) is 21.3. The summed E-state index contributed by atoms with van der Waals surface area (Å²) in [5, 5.41) is 0.298. The molecule has 3 aromatic rings. The number of esters is 1. The first kappa shape index (κ1) is 21.5. The van der Waals surface area contributed by atoms with Crippen LogP contribution in [0.3, 0.4) is 0 Å². The molecule has 0 amide bonds. The quantitative estimate of drug-likeness (QED) is 0.494. The zero-order valence-electron chi connectivity index (χ0n) is 15.0. The van der Waals surface area contributed by atoms with Gasteiger partial charge in [-0.25, -0.2) is 9.18 Å². The highest BCUT2D eigenvalue weighted by Gasteiger charge is 2.18. The second-order valence-corrected chi connectivity index (χ2v) is 7.81. The molecule has 0 unspecified atom stereocenters. The van der Waals surface area contributed by atoms with Crippen molar-refractivity contribution in [3.8, 4) is 0 Å². The highest BCUT2D eigenvalue weighted by atomic mass is 79.9. The van der Waals surface area contributed by atoms with E-state index in [1.807, 2.05) is 0 Å². The fourth-order valence-corrected chi connectivity index (χ4v) is 3.51. The third-order valence-electron chi connectivity index (χ3n) is 4.20. The second kappa shape index (κ2) is 8.69. The van der Waals surface area contributed by atoms with Crippen LogP contribution in [0.1, 0.15) is 12.5 Å². The smallest absolute Gasteiger partial charge is 0.332 e. The van der Waals surface area contributed by atoms with Crippen molar-refractivity contribution in [1.82, 2.24) is 9.13 Å². The van der Waals surface area contributed by atoms with Crippen molar-refractivity contribution in [2.75, 3.05) is 6.61 Å². The number of nitrogens with zero attached hydrogens (tertiary/aromatic N) is 2. The van der Waals surface area contributed by atoms with E-state index >= 15 is 0 Å². The molecular formula is C19H14BrCl2FN2O4. The molecular weight excluding hydrogens is 490 g/mol. The van der Waals surface area contributed by atoms with Crippen LogP contribution in [0, 0.1) is 5.82 Å². The van der Waals surface area contributed by atoms with E-state index in [-0.39, 0.29) is 39.7 Å². The SMILES string of the molecule is CCOC(=O)Cn1c(=O)n(Cc2ccc(Br)cc2F)c(=O)c2cc(Cl)c(Cl)cc21. The van der Waals surface area contributed by atoms with E-state index in [1.54, 1.807) is 13.0 Å². The number of rotatable bonds is 5. The summed E-state index contributed by atoms with van der Waals surface area (Å²) in [6, 6.07) is 6.94. The van der Waals surface area contributed by atoms with Crippen molar-refractivity contribution in [2.24, 2.45) is 0 Å². The van der Waals surface area contributed by atoms with Gasteiger partial charge in [-0.05, 0) is 31.2 Å². The first-order valence-electron chi connectivity index (χ1n) is 8.44. The van der Waals surface area contributed by atoms with Crippen LogP contribution < -0.4 is 11.2 Å². The van der Waals surface area contributed by atoms with Gasteiger partial charge in [-0.15, -0.1) is 0 Å². The molecule has 3 rings (SSSR count). The van der Waals surface area contributed by atoms with Gasteiger partial charge >= 0.3 is 11.7 Å². The van der Waals surface area contributed by atoms with Gasteiger partial charge in [0, 0.05) is 10.0 Å². The minimum Gasteiger partial charge on any atom is -0.465 e. The molecule has 0 aliphatic rings. The summed E-state index contributed by atoms with van der Waals surface area (Å²) >= 11 is 15.2. The van der Waals surface area contributed by atoms with E-state index in [0.29, 0.717) is 4.47 Å². The van der Waals surface area contributed by atoms with Crippen molar-refractivity contribution in [1.29, 1.82) is 0 Å². The van der Waals surface area contributed by atoms with Gasteiger partial charge in [0.15, 0.2) is 0 Å². The van der Waals surface area contributed by atoms with Crippen LogP contribution >= 0.6 is 39.1 Å². The van der Waals surface area contributed by atoms with Gasteiger partial charge in [-0.2, -0.15) is 0 Å². The molecule has 0 aliphatic carbocycles. The minimum absolute atomic E-state index is 0.0702. The number of halogens is 4. The summed E-state index contributed by atoms with van der Waals surface area (Å²) < 4.78 is 21.6.